The van der Waals surface area contributed by atoms with Gasteiger partial charge in [0.05, 0.1) is 11.3 Å². The third-order valence-electron chi connectivity index (χ3n) is 6.20. The summed E-state index contributed by atoms with van der Waals surface area (Å²) >= 11 is 0. The summed E-state index contributed by atoms with van der Waals surface area (Å²) in [6, 6.07) is 8.67. The van der Waals surface area contributed by atoms with E-state index in [9.17, 15) is 8.42 Å². The average Bonchev–Trinajstić information content (AvgIpc) is 2.72. The minimum atomic E-state index is -3.22. The lowest BCUT2D eigenvalue weighted by Crippen LogP contribution is -2.53. The number of aryl methyl sites for hydroxylation is 1. The molecule has 168 valence electrons. The number of guanidine groups is 1. The molecule has 7 nitrogen and oxygen atoms in total. The van der Waals surface area contributed by atoms with E-state index in [0.29, 0.717) is 32.6 Å². The number of aliphatic imine (C=N–C) groups is 1. The van der Waals surface area contributed by atoms with Crippen molar-refractivity contribution in [3.8, 4) is 0 Å². The Morgan fingerprint density at radius 1 is 1.20 bits per heavy atom. The van der Waals surface area contributed by atoms with Gasteiger partial charge in [0.1, 0.15) is 0 Å². The molecule has 0 spiro atoms. The van der Waals surface area contributed by atoms with Gasteiger partial charge in [-0.1, -0.05) is 29.8 Å². The molecule has 1 aromatic carbocycles. The minimum Gasteiger partial charge on any atom is -0.381 e. The van der Waals surface area contributed by atoms with Crippen LogP contribution in [-0.4, -0.2) is 87.7 Å². The summed E-state index contributed by atoms with van der Waals surface area (Å²) in [5.41, 5.74) is 2.64. The van der Waals surface area contributed by atoms with Gasteiger partial charge in [-0.25, -0.2) is 8.42 Å². The second kappa shape index (κ2) is 10.1. The van der Waals surface area contributed by atoms with Crippen LogP contribution in [0.2, 0.25) is 0 Å². The van der Waals surface area contributed by atoms with E-state index < -0.39 is 14.6 Å². The minimum absolute atomic E-state index is 0.293. The molecule has 0 bridgehead atoms. The van der Waals surface area contributed by atoms with Crippen molar-refractivity contribution in [2.45, 2.75) is 38.0 Å². The molecule has 0 amide bonds. The topological polar surface area (TPSA) is 74.2 Å². The average molecular weight is 437 g/mol. The number of sulfone groups is 1. The molecule has 0 aliphatic carbocycles. The van der Waals surface area contributed by atoms with Crippen molar-refractivity contribution in [1.82, 2.24) is 15.1 Å². The number of hydrogen-bond acceptors (Lipinski definition) is 5. The zero-order valence-corrected chi connectivity index (χ0v) is 19.4. The zero-order valence-electron chi connectivity index (χ0n) is 18.6. The molecular weight excluding hydrogens is 400 g/mol. The maximum absolute atomic E-state index is 12.5. The molecule has 8 heteroatoms. The number of ether oxygens (including phenoxy) is 1. The second-order valence-electron chi connectivity index (χ2n) is 8.49. The maximum atomic E-state index is 12.5. The van der Waals surface area contributed by atoms with Crippen LogP contribution in [0.3, 0.4) is 0 Å². The van der Waals surface area contributed by atoms with E-state index in [2.05, 4.69) is 46.3 Å². The van der Waals surface area contributed by atoms with Gasteiger partial charge in [0, 0.05) is 58.7 Å². The Hall–Kier alpha value is -1.64. The monoisotopic (exact) mass is 436 g/mol. The Labute approximate surface area is 181 Å². The third-order valence-corrected chi connectivity index (χ3v) is 8.31. The van der Waals surface area contributed by atoms with E-state index in [0.717, 1.165) is 45.2 Å². The van der Waals surface area contributed by atoms with Gasteiger partial charge >= 0.3 is 0 Å². The molecule has 1 aromatic rings. The SMILES string of the molecule is CCNC(=NCC1(S(C)(=O)=O)CCOCC1)N1CCN(Cc2cccc(C)c2)CC1. The quantitative estimate of drug-likeness (QED) is 0.540. The predicted octanol–water partition coefficient (Wildman–Crippen LogP) is 1.67. The highest BCUT2D eigenvalue weighted by Gasteiger charge is 2.42. The first-order valence-electron chi connectivity index (χ1n) is 10.9. The van der Waals surface area contributed by atoms with E-state index in [4.69, 9.17) is 9.73 Å². The van der Waals surface area contributed by atoms with E-state index in [1.807, 2.05) is 6.92 Å². The fraction of sp³-hybridized carbons (Fsp3) is 0.682. The van der Waals surface area contributed by atoms with Crippen LogP contribution in [0, 0.1) is 6.92 Å². The number of hydrogen-bond donors (Lipinski definition) is 1. The van der Waals surface area contributed by atoms with Gasteiger partial charge < -0.3 is 15.0 Å². The summed E-state index contributed by atoms with van der Waals surface area (Å²) in [5, 5.41) is 3.36. The molecule has 0 radical (unpaired) electrons. The Balaban J connectivity index is 1.63. The lowest BCUT2D eigenvalue weighted by molar-refractivity contribution is 0.0767. The van der Waals surface area contributed by atoms with Gasteiger partial charge in [0.15, 0.2) is 15.8 Å². The van der Waals surface area contributed by atoms with Crippen molar-refractivity contribution < 1.29 is 13.2 Å². The molecule has 0 aromatic heterocycles. The Kier molecular flexibility index (Phi) is 7.76. The first-order valence-corrected chi connectivity index (χ1v) is 12.8. The lowest BCUT2D eigenvalue weighted by atomic mass is 9.99. The number of rotatable bonds is 6. The summed E-state index contributed by atoms with van der Waals surface area (Å²) in [4.78, 5) is 9.52. The van der Waals surface area contributed by atoms with Gasteiger partial charge in [0.25, 0.3) is 0 Å². The summed E-state index contributed by atoms with van der Waals surface area (Å²) in [6.45, 7) is 10.8. The van der Waals surface area contributed by atoms with E-state index in [1.54, 1.807) is 0 Å². The van der Waals surface area contributed by atoms with Crippen LogP contribution in [0.25, 0.3) is 0 Å². The molecule has 2 saturated heterocycles. The molecule has 1 N–H and O–H groups in total. The second-order valence-corrected chi connectivity index (χ2v) is 10.9. The smallest absolute Gasteiger partial charge is 0.194 e. The molecular formula is C22H36N4O3S. The molecule has 0 saturated carbocycles. The predicted molar refractivity (Wildman–Crippen MR) is 122 cm³/mol. The number of benzene rings is 1. The maximum Gasteiger partial charge on any atom is 0.194 e. The van der Waals surface area contributed by atoms with Crippen LogP contribution >= 0.6 is 0 Å². The molecule has 2 heterocycles. The van der Waals surface area contributed by atoms with Gasteiger partial charge in [-0.15, -0.1) is 0 Å². The van der Waals surface area contributed by atoms with Crippen LogP contribution in [0.1, 0.15) is 30.9 Å². The molecule has 3 rings (SSSR count). The molecule has 2 fully saturated rings. The standard InChI is InChI=1S/C22H36N4O3S/c1-4-23-21(24-18-22(30(3,27)28)8-14-29-15-9-22)26-12-10-25(11-13-26)17-20-7-5-6-19(2)16-20/h5-7,16H,4,8-15,17-18H2,1-3H3,(H,23,24). The molecule has 2 aliphatic rings. The Morgan fingerprint density at radius 2 is 1.90 bits per heavy atom. The van der Waals surface area contributed by atoms with Crippen LogP contribution in [0.15, 0.2) is 29.3 Å². The van der Waals surface area contributed by atoms with E-state index in [-0.39, 0.29) is 0 Å². The first-order chi connectivity index (χ1) is 14.3. The van der Waals surface area contributed by atoms with Crippen LogP contribution < -0.4 is 5.32 Å². The highest BCUT2D eigenvalue weighted by Crippen LogP contribution is 2.29. The zero-order chi connectivity index (χ0) is 21.6. The van der Waals surface area contributed by atoms with Gasteiger partial charge in [-0.3, -0.25) is 9.89 Å². The summed E-state index contributed by atoms with van der Waals surface area (Å²) in [5.74, 6) is 0.822. The lowest BCUT2D eigenvalue weighted by Gasteiger charge is -2.38. The number of nitrogens with one attached hydrogen (secondary N) is 1. The Bertz CT molecular complexity index is 827. The normalized spacial score (nSPS) is 20.9. The summed E-state index contributed by atoms with van der Waals surface area (Å²) in [6.07, 6.45) is 2.36. The summed E-state index contributed by atoms with van der Waals surface area (Å²) in [7, 11) is -3.22. The van der Waals surface area contributed by atoms with Crippen molar-refractivity contribution in [2.24, 2.45) is 4.99 Å². The fourth-order valence-electron chi connectivity index (χ4n) is 4.22. The van der Waals surface area contributed by atoms with Crippen molar-refractivity contribution in [3.63, 3.8) is 0 Å². The van der Waals surface area contributed by atoms with Gasteiger partial charge in [-0.05, 0) is 32.3 Å². The highest BCUT2D eigenvalue weighted by atomic mass is 32.2. The van der Waals surface area contributed by atoms with Gasteiger partial charge in [0.2, 0.25) is 0 Å². The first kappa shape index (κ1) is 23.0. The molecule has 0 atom stereocenters. The van der Waals surface area contributed by atoms with Crippen molar-refractivity contribution in [1.29, 1.82) is 0 Å². The van der Waals surface area contributed by atoms with E-state index >= 15 is 0 Å². The van der Waals surface area contributed by atoms with Crippen LogP contribution in [0.5, 0.6) is 0 Å². The highest BCUT2D eigenvalue weighted by molar-refractivity contribution is 7.92. The fourth-order valence-corrected chi connectivity index (χ4v) is 5.43. The van der Waals surface area contributed by atoms with Crippen molar-refractivity contribution >= 4 is 15.8 Å². The number of piperazine rings is 1. The van der Waals surface area contributed by atoms with E-state index in [1.165, 1.54) is 17.4 Å². The molecule has 0 unspecified atom stereocenters. The third kappa shape index (κ3) is 5.74. The van der Waals surface area contributed by atoms with Crippen molar-refractivity contribution in [3.05, 3.63) is 35.4 Å². The Morgan fingerprint density at radius 3 is 2.50 bits per heavy atom. The van der Waals surface area contributed by atoms with Gasteiger partial charge in [-0.2, -0.15) is 0 Å². The largest absolute Gasteiger partial charge is 0.381 e. The van der Waals surface area contributed by atoms with Crippen LogP contribution in [0.4, 0.5) is 0 Å². The molecule has 30 heavy (non-hydrogen) atoms. The molecule has 2 aliphatic heterocycles. The number of nitrogens with zero attached hydrogens (tertiary/aromatic N) is 3. The van der Waals surface area contributed by atoms with Crippen LogP contribution in [-0.2, 0) is 21.1 Å². The van der Waals surface area contributed by atoms with Crippen molar-refractivity contribution in [2.75, 3.05) is 58.7 Å². The summed E-state index contributed by atoms with van der Waals surface area (Å²) < 4.78 is 29.7.